The minimum atomic E-state index is -0.701. The van der Waals surface area contributed by atoms with E-state index in [2.05, 4.69) is 10.6 Å². The van der Waals surface area contributed by atoms with Crippen molar-refractivity contribution in [2.24, 2.45) is 11.7 Å². The molecule has 25 heavy (non-hydrogen) atoms. The van der Waals surface area contributed by atoms with Gasteiger partial charge in [0.05, 0.1) is 18.2 Å². The lowest BCUT2D eigenvalue weighted by Crippen LogP contribution is -2.46. The minimum absolute atomic E-state index is 0. The van der Waals surface area contributed by atoms with Crippen LogP contribution in [0.15, 0.2) is 18.2 Å². The van der Waals surface area contributed by atoms with Crippen molar-refractivity contribution in [1.29, 1.82) is 0 Å². The fourth-order valence-corrected chi connectivity index (χ4v) is 1.80. The van der Waals surface area contributed by atoms with Gasteiger partial charge in [0.25, 0.3) is 5.91 Å². The molecule has 0 spiro atoms. The molecule has 4 N–H and O–H groups in total. The van der Waals surface area contributed by atoms with Crippen molar-refractivity contribution in [2.75, 3.05) is 26.0 Å². The molecule has 0 heterocycles. The van der Waals surface area contributed by atoms with Crippen LogP contribution in [0.25, 0.3) is 0 Å². The fourth-order valence-electron chi connectivity index (χ4n) is 1.80. The Morgan fingerprint density at radius 2 is 1.84 bits per heavy atom. The first-order valence-corrected chi connectivity index (χ1v) is 7.47. The van der Waals surface area contributed by atoms with Crippen molar-refractivity contribution < 1.29 is 18.8 Å². The maximum atomic E-state index is 13.7. The van der Waals surface area contributed by atoms with Gasteiger partial charge < -0.3 is 21.3 Å². The van der Waals surface area contributed by atoms with E-state index in [4.69, 9.17) is 5.73 Å². The van der Waals surface area contributed by atoms with Crippen LogP contribution in [-0.4, -0.2) is 49.3 Å². The van der Waals surface area contributed by atoms with Crippen LogP contribution in [0.5, 0.6) is 0 Å². The van der Waals surface area contributed by atoms with E-state index in [9.17, 15) is 18.8 Å². The molecule has 3 amide bonds. The van der Waals surface area contributed by atoms with Gasteiger partial charge in [0.1, 0.15) is 5.82 Å². The third-order valence-corrected chi connectivity index (χ3v) is 3.33. The zero-order chi connectivity index (χ0) is 18.4. The first-order chi connectivity index (χ1) is 11.1. The molecule has 0 saturated carbocycles. The largest absolute Gasteiger partial charge is 0.346 e. The fraction of sp³-hybridized carbons (Fsp3) is 0.438. The highest BCUT2D eigenvalue weighted by molar-refractivity contribution is 5.98. The number of nitrogens with two attached hydrogens (primary N) is 1. The second kappa shape index (κ2) is 9.95. The van der Waals surface area contributed by atoms with Crippen molar-refractivity contribution in [3.05, 3.63) is 29.6 Å². The van der Waals surface area contributed by atoms with Gasteiger partial charge in [0.2, 0.25) is 11.8 Å². The van der Waals surface area contributed by atoms with E-state index in [0.29, 0.717) is 0 Å². The average Bonchev–Trinajstić information content (AvgIpc) is 2.52. The summed E-state index contributed by atoms with van der Waals surface area (Å²) in [5, 5.41) is 4.92. The van der Waals surface area contributed by atoms with Gasteiger partial charge in [0, 0.05) is 19.8 Å². The Morgan fingerprint density at radius 3 is 2.36 bits per heavy atom. The van der Waals surface area contributed by atoms with Crippen molar-refractivity contribution in [3.63, 3.8) is 0 Å². The molecule has 0 fully saturated rings. The number of carbonyl (C=O) groups is 3. The zero-order valence-corrected chi connectivity index (χ0v) is 15.4. The summed E-state index contributed by atoms with van der Waals surface area (Å²) in [5.74, 6) is -2.18. The molecule has 0 aliphatic rings. The van der Waals surface area contributed by atoms with Crippen LogP contribution in [0.2, 0.25) is 0 Å². The number of rotatable bonds is 6. The minimum Gasteiger partial charge on any atom is -0.346 e. The molecule has 0 aliphatic carbocycles. The highest BCUT2D eigenvalue weighted by Crippen LogP contribution is 2.16. The van der Waals surface area contributed by atoms with E-state index in [-0.39, 0.29) is 36.1 Å². The summed E-state index contributed by atoms with van der Waals surface area (Å²) in [5.41, 5.74) is 5.78. The highest BCUT2D eigenvalue weighted by Gasteiger charge is 2.18. The Labute approximate surface area is 152 Å². The molecule has 140 valence electrons. The molecule has 0 aromatic heterocycles. The van der Waals surface area contributed by atoms with Crippen LogP contribution >= 0.6 is 12.4 Å². The lowest BCUT2D eigenvalue weighted by atomic mass is 10.1. The molecule has 0 unspecified atom stereocenters. The topological polar surface area (TPSA) is 105 Å². The summed E-state index contributed by atoms with van der Waals surface area (Å²) in [7, 11) is 3.00. The monoisotopic (exact) mass is 374 g/mol. The Hall–Kier alpha value is -2.19. The van der Waals surface area contributed by atoms with Gasteiger partial charge in [-0.15, -0.1) is 12.4 Å². The molecule has 9 heteroatoms. The molecular formula is C16H24ClFN4O3. The maximum Gasteiger partial charge on any atom is 0.256 e. The first-order valence-electron chi connectivity index (χ1n) is 7.47. The molecule has 1 aromatic carbocycles. The smallest absolute Gasteiger partial charge is 0.256 e. The van der Waals surface area contributed by atoms with Gasteiger partial charge in [0.15, 0.2) is 0 Å². The number of nitrogens with zero attached hydrogens (tertiary/aromatic N) is 1. The average molecular weight is 375 g/mol. The number of nitrogens with one attached hydrogen (secondary N) is 2. The molecular weight excluding hydrogens is 351 g/mol. The summed E-state index contributed by atoms with van der Waals surface area (Å²) < 4.78 is 13.7. The predicted molar refractivity (Wildman–Crippen MR) is 96.1 cm³/mol. The third-order valence-electron chi connectivity index (χ3n) is 3.33. The second-order valence-corrected chi connectivity index (χ2v) is 5.93. The van der Waals surface area contributed by atoms with Crippen molar-refractivity contribution in [1.82, 2.24) is 10.2 Å². The van der Waals surface area contributed by atoms with Crippen molar-refractivity contribution >= 4 is 35.8 Å². The number of hydrogen-bond donors (Lipinski definition) is 3. The van der Waals surface area contributed by atoms with Crippen LogP contribution in [-0.2, 0) is 9.59 Å². The normalized spacial score (nSPS) is 11.3. The van der Waals surface area contributed by atoms with Gasteiger partial charge in [-0.1, -0.05) is 13.8 Å². The van der Waals surface area contributed by atoms with E-state index in [0.717, 1.165) is 6.07 Å². The number of hydrogen-bond acceptors (Lipinski definition) is 4. The molecule has 0 radical (unpaired) electrons. The Morgan fingerprint density at radius 1 is 1.24 bits per heavy atom. The number of amides is 3. The summed E-state index contributed by atoms with van der Waals surface area (Å²) in [4.78, 5) is 36.6. The first kappa shape index (κ1) is 22.8. The van der Waals surface area contributed by atoms with E-state index in [1.54, 1.807) is 13.8 Å². The zero-order valence-electron chi connectivity index (χ0n) is 14.6. The van der Waals surface area contributed by atoms with Crippen LogP contribution < -0.4 is 16.4 Å². The lowest BCUT2D eigenvalue weighted by Gasteiger charge is -2.15. The Balaban J connectivity index is 0.00000576. The molecule has 7 nitrogen and oxygen atoms in total. The van der Waals surface area contributed by atoms with E-state index < -0.39 is 29.6 Å². The Kier molecular flexibility index (Phi) is 9.08. The summed E-state index contributed by atoms with van der Waals surface area (Å²) in [6.07, 6.45) is 0. The van der Waals surface area contributed by atoms with Gasteiger partial charge in [-0.2, -0.15) is 0 Å². The van der Waals surface area contributed by atoms with Crippen LogP contribution in [0.4, 0.5) is 10.1 Å². The third kappa shape index (κ3) is 6.67. The molecule has 1 atom stereocenters. The van der Waals surface area contributed by atoms with Gasteiger partial charge in [-0.25, -0.2) is 4.39 Å². The van der Waals surface area contributed by atoms with Gasteiger partial charge in [-0.05, 0) is 24.1 Å². The van der Waals surface area contributed by atoms with Crippen LogP contribution in [0.1, 0.15) is 24.2 Å². The second-order valence-electron chi connectivity index (χ2n) is 5.93. The maximum absolute atomic E-state index is 13.7. The SMILES string of the molecule is CC(C)[C@H](N)C(=O)NCC(=O)Nc1ccc(F)c(C(=O)N(C)C)c1.Cl. The summed E-state index contributed by atoms with van der Waals surface area (Å²) >= 11 is 0. The molecule has 0 saturated heterocycles. The van der Waals surface area contributed by atoms with Gasteiger partial charge >= 0.3 is 0 Å². The quantitative estimate of drug-likeness (QED) is 0.690. The Bertz CT molecular complexity index is 638. The number of carbonyl (C=O) groups excluding carboxylic acids is 3. The number of benzene rings is 1. The van der Waals surface area contributed by atoms with Crippen molar-refractivity contribution in [2.45, 2.75) is 19.9 Å². The van der Waals surface area contributed by atoms with Gasteiger partial charge in [-0.3, -0.25) is 14.4 Å². The summed E-state index contributed by atoms with van der Waals surface area (Å²) in [6.45, 7) is 3.33. The van der Waals surface area contributed by atoms with E-state index >= 15 is 0 Å². The lowest BCUT2D eigenvalue weighted by molar-refractivity contribution is -0.125. The number of anilines is 1. The van der Waals surface area contributed by atoms with Crippen molar-refractivity contribution in [3.8, 4) is 0 Å². The van der Waals surface area contributed by atoms with Crippen LogP contribution in [0, 0.1) is 11.7 Å². The summed E-state index contributed by atoms with van der Waals surface area (Å²) in [6, 6.07) is 2.98. The molecule has 0 aliphatic heterocycles. The highest BCUT2D eigenvalue weighted by atomic mass is 35.5. The van der Waals surface area contributed by atoms with E-state index in [1.807, 2.05) is 0 Å². The molecule has 1 aromatic rings. The molecule has 1 rings (SSSR count). The number of halogens is 2. The predicted octanol–water partition coefficient (Wildman–Crippen LogP) is 0.987. The van der Waals surface area contributed by atoms with Crippen LogP contribution in [0.3, 0.4) is 0 Å². The van der Waals surface area contributed by atoms with E-state index in [1.165, 1.54) is 31.1 Å². The standard InChI is InChI=1S/C16H23FN4O3.ClH/c1-9(2)14(18)15(23)19-8-13(22)20-10-5-6-12(17)11(7-10)16(24)21(3)4;/h5-7,9,14H,8,18H2,1-4H3,(H,19,23)(H,20,22);1H/t14-;/m0./s1. The molecule has 0 bridgehead atoms.